The molecule has 1 amide bonds. The number of rotatable bonds is 5. The van der Waals surface area contributed by atoms with E-state index in [9.17, 15) is 9.18 Å². The van der Waals surface area contributed by atoms with E-state index < -0.39 is 0 Å². The number of nitrogens with one attached hydrogen (secondary N) is 1. The lowest BCUT2D eigenvalue weighted by molar-refractivity contribution is -0.119. The van der Waals surface area contributed by atoms with Gasteiger partial charge in [-0.25, -0.2) is 4.39 Å². The van der Waals surface area contributed by atoms with Crippen LogP contribution in [0.2, 0.25) is 0 Å². The predicted molar refractivity (Wildman–Crippen MR) is 81.9 cm³/mol. The molecule has 1 aliphatic heterocycles. The van der Waals surface area contributed by atoms with E-state index in [1.165, 1.54) is 12.1 Å². The highest BCUT2D eigenvalue weighted by molar-refractivity contribution is 6.27. The number of benzene rings is 1. The van der Waals surface area contributed by atoms with Gasteiger partial charge in [0.15, 0.2) is 0 Å². The largest absolute Gasteiger partial charge is 0.353 e. The standard InChI is InChI=1S/C15H21ClFN3O/c1-19-6-8-20(9-7-19)14(11-18-15(21)10-16)12-2-4-13(17)5-3-12/h2-5,14H,6-11H2,1H3,(H,18,21). The maximum Gasteiger partial charge on any atom is 0.234 e. The van der Waals surface area contributed by atoms with Crippen molar-refractivity contribution in [3.8, 4) is 0 Å². The van der Waals surface area contributed by atoms with Gasteiger partial charge in [0.1, 0.15) is 11.7 Å². The van der Waals surface area contributed by atoms with Crippen LogP contribution in [0.1, 0.15) is 11.6 Å². The van der Waals surface area contributed by atoms with E-state index in [0.717, 1.165) is 31.7 Å². The molecule has 116 valence electrons. The normalized spacial score (nSPS) is 18.4. The third-order valence-electron chi connectivity index (χ3n) is 3.85. The van der Waals surface area contributed by atoms with Crippen molar-refractivity contribution in [2.24, 2.45) is 0 Å². The van der Waals surface area contributed by atoms with Crippen LogP contribution in [0.3, 0.4) is 0 Å². The molecule has 4 nitrogen and oxygen atoms in total. The van der Waals surface area contributed by atoms with E-state index in [1.807, 2.05) is 0 Å². The Balaban J connectivity index is 2.09. The molecule has 1 aromatic rings. The second-order valence-electron chi connectivity index (χ2n) is 5.34. The zero-order valence-electron chi connectivity index (χ0n) is 12.2. The summed E-state index contributed by atoms with van der Waals surface area (Å²) in [7, 11) is 2.10. The second kappa shape index (κ2) is 7.73. The number of hydrogen-bond donors (Lipinski definition) is 1. The Labute approximate surface area is 129 Å². The fraction of sp³-hybridized carbons (Fsp3) is 0.533. The van der Waals surface area contributed by atoms with Gasteiger partial charge < -0.3 is 10.2 Å². The number of alkyl halides is 1. The molecule has 1 saturated heterocycles. The number of piperazine rings is 1. The van der Waals surface area contributed by atoms with Gasteiger partial charge in [0.2, 0.25) is 5.91 Å². The molecule has 21 heavy (non-hydrogen) atoms. The number of likely N-dealkylation sites (N-methyl/N-ethyl adjacent to an activating group) is 1. The minimum absolute atomic E-state index is 0.0428. The molecule has 1 unspecified atom stereocenters. The Morgan fingerprint density at radius 2 is 1.90 bits per heavy atom. The number of carbonyl (C=O) groups is 1. The van der Waals surface area contributed by atoms with Gasteiger partial charge in [0, 0.05) is 32.7 Å². The van der Waals surface area contributed by atoms with Crippen LogP contribution in [0.25, 0.3) is 0 Å². The van der Waals surface area contributed by atoms with Crippen molar-refractivity contribution in [2.75, 3.05) is 45.7 Å². The molecule has 0 aromatic heterocycles. The van der Waals surface area contributed by atoms with Gasteiger partial charge in [-0.3, -0.25) is 9.69 Å². The molecule has 1 aromatic carbocycles. The quantitative estimate of drug-likeness (QED) is 0.836. The van der Waals surface area contributed by atoms with Crippen molar-refractivity contribution < 1.29 is 9.18 Å². The smallest absolute Gasteiger partial charge is 0.234 e. The number of halogens is 2. The zero-order chi connectivity index (χ0) is 15.2. The summed E-state index contributed by atoms with van der Waals surface area (Å²) in [5.74, 6) is -0.475. The molecule has 1 atom stereocenters. The topological polar surface area (TPSA) is 35.6 Å². The van der Waals surface area contributed by atoms with E-state index in [1.54, 1.807) is 12.1 Å². The molecule has 0 spiro atoms. The molecule has 2 rings (SSSR count). The summed E-state index contributed by atoms with van der Waals surface area (Å²) in [4.78, 5) is 16.0. The fourth-order valence-electron chi connectivity index (χ4n) is 2.53. The highest BCUT2D eigenvalue weighted by atomic mass is 35.5. The van der Waals surface area contributed by atoms with Crippen LogP contribution in [0.15, 0.2) is 24.3 Å². The van der Waals surface area contributed by atoms with Crippen molar-refractivity contribution >= 4 is 17.5 Å². The van der Waals surface area contributed by atoms with Gasteiger partial charge in [0.25, 0.3) is 0 Å². The molecule has 0 saturated carbocycles. The Kier molecular flexibility index (Phi) is 5.96. The highest BCUT2D eigenvalue weighted by Gasteiger charge is 2.24. The lowest BCUT2D eigenvalue weighted by Crippen LogP contribution is -2.48. The molecule has 0 radical (unpaired) electrons. The fourth-order valence-corrected chi connectivity index (χ4v) is 2.63. The van der Waals surface area contributed by atoms with Gasteiger partial charge in [0.05, 0.1) is 6.04 Å². The van der Waals surface area contributed by atoms with Crippen LogP contribution in [-0.4, -0.2) is 61.4 Å². The summed E-state index contributed by atoms with van der Waals surface area (Å²) >= 11 is 5.53. The number of hydrogen-bond acceptors (Lipinski definition) is 3. The summed E-state index contributed by atoms with van der Waals surface area (Å²) in [6.45, 7) is 4.31. The van der Waals surface area contributed by atoms with E-state index in [-0.39, 0.29) is 23.6 Å². The Hall–Kier alpha value is -1.17. The number of amides is 1. The molecular formula is C15H21ClFN3O. The van der Waals surface area contributed by atoms with Crippen LogP contribution in [-0.2, 0) is 4.79 Å². The van der Waals surface area contributed by atoms with Gasteiger partial charge in [-0.1, -0.05) is 12.1 Å². The second-order valence-corrected chi connectivity index (χ2v) is 5.61. The van der Waals surface area contributed by atoms with E-state index in [2.05, 4.69) is 22.2 Å². The first kappa shape index (κ1) is 16.2. The van der Waals surface area contributed by atoms with E-state index in [0.29, 0.717) is 6.54 Å². The SMILES string of the molecule is CN1CCN(C(CNC(=O)CCl)c2ccc(F)cc2)CC1. The van der Waals surface area contributed by atoms with Crippen LogP contribution < -0.4 is 5.32 Å². The van der Waals surface area contributed by atoms with E-state index in [4.69, 9.17) is 11.6 Å². The van der Waals surface area contributed by atoms with Crippen molar-refractivity contribution in [3.63, 3.8) is 0 Å². The van der Waals surface area contributed by atoms with Gasteiger partial charge in [-0.05, 0) is 24.7 Å². The first-order valence-electron chi connectivity index (χ1n) is 7.11. The van der Waals surface area contributed by atoms with Crippen molar-refractivity contribution in [1.29, 1.82) is 0 Å². The summed E-state index contributed by atoms with van der Waals surface area (Å²) in [6.07, 6.45) is 0. The third-order valence-corrected chi connectivity index (χ3v) is 4.09. The maximum absolute atomic E-state index is 13.1. The molecule has 0 bridgehead atoms. The van der Waals surface area contributed by atoms with Crippen molar-refractivity contribution in [2.45, 2.75) is 6.04 Å². The summed E-state index contributed by atoms with van der Waals surface area (Å²) in [5.41, 5.74) is 1.01. The zero-order valence-corrected chi connectivity index (χ0v) is 12.9. The minimum atomic E-state index is -0.249. The molecule has 1 aliphatic rings. The van der Waals surface area contributed by atoms with Gasteiger partial charge >= 0.3 is 0 Å². The van der Waals surface area contributed by atoms with Crippen LogP contribution in [0, 0.1) is 5.82 Å². The predicted octanol–water partition coefficient (Wildman–Crippen LogP) is 1.47. The van der Waals surface area contributed by atoms with Gasteiger partial charge in [-0.2, -0.15) is 0 Å². The van der Waals surface area contributed by atoms with Crippen LogP contribution >= 0.6 is 11.6 Å². The Morgan fingerprint density at radius 1 is 1.29 bits per heavy atom. The van der Waals surface area contributed by atoms with Crippen molar-refractivity contribution in [1.82, 2.24) is 15.1 Å². The average molecular weight is 314 g/mol. The summed E-state index contributed by atoms with van der Waals surface area (Å²) < 4.78 is 13.1. The average Bonchev–Trinajstić information content (AvgIpc) is 2.50. The highest BCUT2D eigenvalue weighted by Crippen LogP contribution is 2.22. The summed E-state index contributed by atoms with van der Waals surface area (Å²) in [5, 5.41) is 2.83. The summed E-state index contributed by atoms with van der Waals surface area (Å²) in [6, 6.07) is 6.53. The number of nitrogens with zero attached hydrogens (tertiary/aromatic N) is 2. The lowest BCUT2D eigenvalue weighted by atomic mass is 10.0. The lowest BCUT2D eigenvalue weighted by Gasteiger charge is -2.38. The molecule has 1 fully saturated rings. The van der Waals surface area contributed by atoms with Crippen molar-refractivity contribution in [3.05, 3.63) is 35.6 Å². The Morgan fingerprint density at radius 3 is 2.48 bits per heavy atom. The first-order chi connectivity index (χ1) is 10.1. The molecule has 1 N–H and O–H groups in total. The number of carbonyl (C=O) groups excluding carboxylic acids is 1. The molecule has 1 heterocycles. The molecule has 6 heteroatoms. The molecular weight excluding hydrogens is 293 g/mol. The maximum atomic E-state index is 13.1. The van der Waals surface area contributed by atoms with E-state index >= 15 is 0 Å². The molecule has 0 aliphatic carbocycles. The third kappa shape index (κ3) is 4.66. The minimum Gasteiger partial charge on any atom is -0.353 e. The monoisotopic (exact) mass is 313 g/mol. The van der Waals surface area contributed by atoms with Crippen LogP contribution in [0.5, 0.6) is 0 Å². The first-order valence-corrected chi connectivity index (χ1v) is 7.64. The van der Waals surface area contributed by atoms with Crippen LogP contribution in [0.4, 0.5) is 4.39 Å². The Bertz CT molecular complexity index is 460. The van der Waals surface area contributed by atoms with Gasteiger partial charge in [-0.15, -0.1) is 11.6 Å².